The van der Waals surface area contributed by atoms with Crippen LogP contribution in [0.4, 0.5) is 10.5 Å². The van der Waals surface area contributed by atoms with Crippen LogP contribution in [0.2, 0.25) is 0 Å². The number of amides is 3. The number of urea groups is 1. The van der Waals surface area contributed by atoms with Crippen molar-refractivity contribution in [1.29, 1.82) is 5.41 Å². The van der Waals surface area contributed by atoms with Crippen molar-refractivity contribution in [2.75, 3.05) is 5.32 Å². The number of hydrogen-bond donors (Lipinski definition) is 4. The molecule has 0 bridgehead atoms. The van der Waals surface area contributed by atoms with Crippen LogP contribution < -0.4 is 21.4 Å². The van der Waals surface area contributed by atoms with Crippen molar-refractivity contribution in [3.63, 3.8) is 0 Å². The summed E-state index contributed by atoms with van der Waals surface area (Å²) in [5.41, 5.74) is 3.00. The lowest BCUT2D eigenvalue weighted by Gasteiger charge is -2.24. The van der Waals surface area contributed by atoms with Crippen LogP contribution in [-0.4, -0.2) is 36.2 Å². The first kappa shape index (κ1) is 22.4. The number of carbonyl (C=O) groups excluding carboxylic acids is 2. The molecule has 1 saturated heterocycles. The van der Waals surface area contributed by atoms with Gasteiger partial charge in [0.25, 0.3) is 5.91 Å². The third-order valence-corrected chi connectivity index (χ3v) is 5.29. The average molecular weight is 419 g/mol. The van der Waals surface area contributed by atoms with E-state index in [-0.39, 0.29) is 17.9 Å². The maximum Gasteiger partial charge on any atom is 0.319 e. The summed E-state index contributed by atoms with van der Waals surface area (Å²) in [6, 6.07) is 15.1. The van der Waals surface area contributed by atoms with Crippen LogP contribution in [0.5, 0.6) is 0 Å². The molecule has 1 unspecified atom stereocenters. The third-order valence-electron chi connectivity index (χ3n) is 5.29. The molecular weight excluding hydrogens is 389 g/mol. The summed E-state index contributed by atoms with van der Waals surface area (Å²) in [7, 11) is 1.97. The van der Waals surface area contributed by atoms with E-state index in [0.29, 0.717) is 25.4 Å². The van der Waals surface area contributed by atoms with Gasteiger partial charge in [0.1, 0.15) is 13.4 Å². The Hall–Kier alpha value is -3.29. The van der Waals surface area contributed by atoms with Crippen molar-refractivity contribution in [2.45, 2.75) is 45.8 Å². The highest BCUT2D eigenvalue weighted by Gasteiger charge is 2.45. The van der Waals surface area contributed by atoms with Gasteiger partial charge in [-0.25, -0.2) is 4.79 Å². The first-order valence-electron chi connectivity index (χ1n) is 10.5. The molecule has 1 heterocycles. The van der Waals surface area contributed by atoms with Gasteiger partial charge in [0.2, 0.25) is 0 Å². The Bertz CT molecular complexity index is 976. The van der Waals surface area contributed by atoms with E-state index in [0.717, 1.165) is 22.3 Å². The molecule has 7 nitrogen and oxygen atoms in total. The van der Waals surface area contributed by atoms with Crippen molar-refractivity contribution < 1.29 is 9.59 Å². The van der Waals surface area contributed by atoms with Crippen LogP contribution in [-0.2, 0) is 17.9 Å². The highest BCUT2D eigenvalue weighted by atomic mass is 16.2. The molecule has 1 aliphatic heterocycles. The molecule has 1 aliphatic rings. The Morgan fingerprint density at radius 3 is 2.52 bits per heavy atom. The predicted molar refractivity (Wildman–Crippen MR) is 126 cm³/mol. The van der Waals surface area contributed by atoms with E-state index in [1.165, 1.54) is 4.90 Å². The first-order chi connectivity index (χ1) is 14.7. The van der Waals surface area contributed by atoms with Gasteiger partial charge in [-0.05, 0) is 42.5 Å². The molecule has 0 saturated carbocycles. The molecule has 2 aromatic carbocycles. The molecule has 3 amide bonds. The Labute approximate surface area is 184 Å². The van der Waals surface area contributed by atoms with Crippen LogP contribution >= 0.6 is 0 Å². The summed E-state index contributed by atoms with van der Waals surface area (Å²) in [6.45, 7) is 6.74. The SMILES string of the molecule is Bc1cccc(NC(=O)NCc2ccc(CN3C(=N)NC(C)(CC(C)C)C3=O)cc2)c1. The minimum Gasteiger partial charge on any atom is -0.342 e. The zero-order chi connectivity index (χ0) is 22.6. The van der Waals surface area contributed by atoms with Crippen molar-refractivity contribution in [1.82, 2.24) is 15.5 Å². The van der Waals surface area contributed by atoms with E-state index in [1.807, 2.05) is 63.3 Å². The lowest BCUT2D eigenvalue weighted by molar-refractivity contribution is -0.131. The highest BCUT2D eigenvalue weighted by Crippen LogP contribution is 2.26. The van der Waals surface area contributed by atoms with Crippen molar-refractivity contribution >= 4 is 36.9 Å². The Balaban J connectivity index is 1.54. The Morgan fingerprint density at radius 2 is 1.87 bits per heavy atom. The molecule has 0 radical (unpaired) electrons. The second-order valence-electron chi connectivity index (χ2n) is 8.79. The second kappa shape index (κ2) is 9.24. The molecule has 1 atom stereocenters. The summed E-state index contributed by atoms with van der Waals surface area (Å²) >= 11 is 0. The molecule has 162 valence electrons. The minimum atomic E-state index is -0.722. The maximum atomic E-state index is 12.9. The number of guanidine groups is 1. The van der Waals surface area contributed by atoms with E-state index >= 15 is 0 Å². The quantitative estimate of drug-likeness (QED) is 0.517. The molecule has 0 aromatic heterocycles. The Morgan fingerprint density at radius 1 is 1.19 bits per heavy atom. The number of benzene rings is 2. The zero-order valence-corrected chi connectivity index (χ0v) is 18.6. The number of carbonyl (C=O) groups is 2. The first-order valence-corrected chi connectivity index (χ1v) is 10.5. The van der Waals surface area contributed by atoms with Crippen LogP contribution in [0, 0.1) is 11.3 Å². The van der Waals surface area contributed by atoms with E-state index in [1.54, 1.807) is 0 Å². The van der Waals surface area contributed by atoms with E-state index in [9.17, 15) is 9.59 Å². The van der Waals surface area contributed by atoms with Gasteiger partial charge in [0, 0.05) is 12.2 Å². The van der Waals surface area contributed by atoms with Gasteiger partial charge < -0.3 is 16.0 Å². The number of rotatable bonds is 7. The van der Waals surface area contributed by atoms with E-state index in [4.69, 9.17) is 5.41 Å². The van der Waals surface area contributed by atoms with Crippen LogP contribution in [0.25, 0.3) is 0 Å². The lowest BCUT2D eigenvalue weighted by atomic mass is 9.91. The molecule has 1 fully saturated rings. The smallest absolute Gasteiger partial charge is 0.319 e. The average Bonchev–Trinajstić information content (AvgIpc) is 2.89. The van der Waals surface area contributed by atoms with Gasteiger partial charge in [0.15, 0.2) is 5.96 Å². The van der Waals surface area contributed by atoms with E-state index < -0.39 is 5.54 Å². The molecule has 31 heavy (non-hydrogen) atoms. The second-order valence-corrected chi connectivity index (χ2v) is 8.79. The number of nitrogens with one attached hydrogen (secondary N) is 4. The summed E-state index contributed by atoms with van der Waals surface area (Å²) in [5, 5.41) is 16.9. The molecule has 2 aromatic rings. The molecule has 0 spiro atoms. The van der Waals surface area contributed by atoms with Gasteiger partial charge in [0.05, 0.1) is 6.54 Å². The number of nitrogens with zero attached hydrogens (tertiary/aromatic N) is 1. The fourth-order valence-corrected chi connectivity index (χ4v) is 3.91. The summed E-state index contributed by atoms with van der Waals surface area (Å²) < 4.78 is 0. The van der Waals surface area contributed by atoms with Crippen molar-refractivity contribution in [3.8, 4) is 0 Å². The summed E-state index contributed by atoms with van der Waals surface area (Å²) in [6.07, 6.45) is 0.680. The summed E-state index contributed by atoms with van der Waals surface area (Å²) in [4.78, 5) is 26.5. The van der Waals surface area contributed by atoms with E-state index in [2.05, 4.69) is 29.8 Å². The topological polar surface area (TPSA) is 97.3 Å². The fourth-order valence-electron chi connectivity index (χ4n) is 3.91. The zero-order valence-electron chi connectivity index (χ0n) is 18.6. The van der Waals surface area contributed by atoms with Crippen molar-refractivity contribution in [2.24, 2.45) is 5.92 Å². The predicted octanol–water partition coefficient (Wildman–Crippen LogP) is 1.94. The molecule has 0 aliphatic carbocycles. The van der Waals surface area contributed by atoms with Gasteiger partial charge in [-0.1, -0.05) is 55.7 Å². The number of hydrogen-bond acceptors (Lipinski definition) is 3. The van der Waals surface area contributed by atoms with Crippen LogP contribution in [0.15, 0.2) is 48.5 Å². The van der Waals surface area contributed by atoms with Crippen LogP contribution in [0.1, 0.15) is 38.3 Å². The monoisotopic (exact) mass is 419 g/mol. The molecule has 3 rings (SSSR count). The molecule has 8 heteroatoms. The largest absolute Gasteiger partial charge is 0.342 e. The van der Waals surface area contributed by atoms with Gasteiger partial charge >= 0.3 is 6.03 Å². The van der Waals surface area contributed by atoms with Gasteiger partial charge in [-0.2, -0.15) is 0 Å². The lowest BCUT2D eigenvalue weighted by Crippen LogP contribution is -2.44. The summed E-state index contributed by atoms with van der Waals surface area (Å²) in [5.74, 6) is 0.431. The molecule has 4 N–H and O–H groups in total. The standard InChI is InChI=1S/C23H30BN5O2/c1-15(2)12-23(3)20(30)29(21(25)28-23)14-17-9-7-16(8-10-17)13-26-22(31)27-19-6-4-5-18(24)11-19/h4-11,15H,12-14,24H2,1-3H3,(H2,25,28)(H2,26,27,31). The molecular formula is C23H30BN5O2. The fraction of sp³-hybridized carbons (Fsp3) is 0.348. The number of anilines is 1. The third kappa shape index (κ3) is 5.66. The Kier molecular flexibility index (Phi) is 6.68. The maximum absolute atomic E-state index is 12.9. The van der Waals surface area contributed by atoms with Gasteiger partial charge in [-0.3, -0.25) is 15.1 Å². The normalized spacial score (nSPS) is 18.3. The van der Waals surface area contributed by atoms with Crippen molar-refractivity contribution in [3.05, 3.63) is 59.7 Å². The van der Waals surface area contributed by atoms with Crippen LogP contribution in [0.3, 0.4) is 0 Å². The minimum absolute atomic E-state index is 0.0650. The highest BCUT2D eigenvalue weighted by molar-refractivity contribution is 6.32. The van der Waals surface area contributed by atoms with Gasteiger partial charge in [-0.15, -0.1) is 0 Å².